The molecule has 108 valence electrons. The van der Waals surface area contributed by atoms with E-state index < -0.39 is 12.1 Å². The predicted octanol–water partition coefficient (Wildman–Crippen LogP) is 2.63. The van der Waals surface area contributed by atoms with E-state index in [2.05, 4.69) is 21.2 Å². The minimum atomic E-state index is -0.495. The maximum Gasteiger partial charge on any atom is 0.250 e. The molecule has 1 aliphatic heterocycles. The molecule has 1 heterocycles. The monoisotopic (exact) mass is 338 g/mol. The van der Waals surface area contributed by atoms with E-state index in [1.54, 1.807) is 11.8 Å². The van der Waals surface area contributed by atoms with Crippen LogP contribution in [0, 0.1) is 12.8 Å². The van der Waals surface area contributed by atoms with Crippen LogP contribution in [0.4, 0.5) is 5.69 Å². The lowest BCUT2D eigenvalue weighted by Gasteiger charge is -2.40. The second kappa shape index (κ2) is 5.56. The maximum atomic E-state index is 12.5. The van der Waals surface area contributed by atoms with Gasteiger partial charge >= 0.3 is 0 Å². The topological polar surface area (TPSA) is 49.4 Å². The first-order chi connectivity index (χ1) is 9.34. The fourth-order valence-electron chi connectivity index (χ4n) is 2.51. The van der Waals surface area contributed by atoms with Gasteiger partial charge in [-0.15, -0.1) is 0 Å². The average Bonchev–Trinajstić information content (AvgIpc) is 2.36. The van der Waals surface area contributed by atoms with Crippen LogP contribution in [0.5, 0.6) is 0 Å². The number of carbonyl (C=O) groups is 2. The minimum absolute atomic E-state index is 0.0406. The molecule has 0 aromatic heterocycles. The number of hydrogen-bond donors (Lipinski definition) is 1. The van der Waals surface area contributed by atoms with Gasteiger partial charge in [0.2, 0.25) is 11.8 Å². The molecule has 1 aromatic rings. The van der Waals surface area contributed by atoms with Gasteiger partial charge in [0.25, 0.3) is 0 Å². The molecule has 1 aromatic carbocycles. The number of halogens is 1. The molecule has 2 unspecified atom stereocenters. The summed E-state index contributed by atoms with van der Waals surface area (Å²) in [5.41, 5.74) is 1.80. The Balaban J connectivity index is 2.55. The Morgan fingerprint density at radius 1 is 1.30 bits per heavy atom. The van der Waals surface area contributed by atoms with Gasteiger partial charge in [0.1, 0.15) is 12.1 Å². The van der Waals surface area contributed by atoms with Gasteiger partial charge in [0, 0.05) is 4.47 Å². The van der Waals surface area contributed by atoms with Gasteiger partial charge in [-0.1, -0.05) is 26.0 Å². The number of anilines is 1. The Morgan fingerprint density at radius 3 is 2.55 bits per heavy atom. The highest BCUT2D eigenvalue weighted by molar-refractivity contribution is 9.10. The van der Waals surface area contributed by atoms with E-state index in [4.69, 9.17) is 0 Å². The van der Waals surface area contributed by atoms with E-state index in [0.29, 0.717) is 0 Å². The van der Waals surface area contributed by atoms with E-state index in [0.717, 1.165) is 15.7 Å². The maximum absolute atomic E-state index is 12.5. The van der Waals surface area contributed by atoms with Gasteiger partial charge in [-0.3, -0.25) is 14.5 Å². The summed E-state index contributed by atoms with van der Waals surface area (Å²) >= 11 is 3.53. The number of nitrogens with one attached hydrogen (secondary N) is 1. The van der Waals surface area contributed by atoms with Crippen molar-refractivity contribution in [2.24, 2.45) is 5.92 Å². The fourth-order valence-corrected chi connectivity index (χ4v) is 2.97. The number of amides is 2. The molecule has 2 rings (SSSR count). The molecule has 4 nitrogen and oxygen atoms in total. The zero-order valence-corrected chi connectivity index (χ0v) is 13.7. The first-order valence-corrected chi connectivity index (χ1v) is 7.52. The highest BCUT2D eigenvalue weighted by Crippen LogP contribution is 2.33. The standard InChI is InChI=1S/C15H19BrN2O2/c1-8(2)13-14(19)17-10(4)15(20)18(13)11-7-5-6-9(3)12(11)16/h5-8,10,13H,1-4H3,(H,17,19). The molecule has 0 bridgehead atoms. The highest BCUT2D eigenvalue weighted by atomic mass is 79.9. The molecule has 1 saturated heterocycles. The third kappa shape index (κ3) is 2.46. The summed E-state index contributed by atoms with van der Waals surface area (Å²) < 4.78 is 0.862. The van der Waals surface area contributed by atoms with E-state index in [1.165, 1.54) is 0 Å². The van der Waals surface area contributed by atoms with Crippen LogP contribution in [0.25, 0.3) is 0 Å². The van der Waals surface area contributed by atoms with Crippen molar-refractivity contribution in [3.63, 3.8) is 0 Å². The van der Waals surface area contributed by atoms with Crippen molar-refractivity contribution in [2.45, 2.75) is 39.8 Å². The van der Waals surface area contributed by atoms with Crippen molar-refractivity contribution in [3.8, 4) is 0 Å². The molecule has 2 atom stereocenters. The van der Waals surface area contributed by atoms with Gasteiger partial charge in [0.05, 0.1) is 5.69 Å². The molecule has 20 heavy (non-hydrogen) atoms. The fraction of sp³-hybridized carbons (Fsp3) is 0.467. The minimum Gasteiger partial charge on any atom is -0.343 e. The van der Waals surface area contributed by atoms with Crippen molar-refractivity contribution in [3.05, 3.63) is 28.2 Å². The van der Waals surface area contributed by atoms with Crippen LogP contribution >= 0.6 is 15.9 Å². The second-order valence-electron chi connectivity index (χ2n) is 5.54. The molecule has 1 N–H and O–H groups in total. The van der Waals surface area contributed by atoms with E-state index in [-0.39, 0.29) is 17.7 Å². The van der Waals surface area contributed by atoms with Gasteiger partial charge in [0.15, 0.2) is 0 Å². The summed E-state index contributed by atoms with van der Waals surface area (Å²) in [4.78, 5) is 26.4. The van der Waals surface area contributed by atoms with Crippen molar-refractivity contribution < 1.29 is 9.59 Å². The van der Waals surface area contributed by atoms with Gasteiger partial charge in [-0.05, 0) is 47.3 Å². The number of nitrogens with zero attached hydrogens (tertiary/aromatic N) is 1. The molecule has 0 radical (unpaired) electrons. The highest BCUT2D eigenvalue weighted by Gasteiger charge is 2.41. The van der Waals surface area contributed by atoms with Crippen molar-refractivity contribution in [2.75, 3.05) is 4.90 Å². The molecule has 0 aliphatic carbocycles. The lowest BCUT2D eigenvalue weighted by molar-refractivity contribution is -0.134. The number of piperazine rings is 1. The zero-order valence-electron chi connectivity index (χ0n) is 12.1. The number of rotatable bonds is 2. The van der Waals surface area contributed by atoms with Crippen LogP contribution in [0.3, 0.4) is 0 Å². The largest absolute Gasteiger partial charge is 0.343 e. The van der Waals surface area contributed by atoms with E-state index in [9.17, 15) is 9.59 Å². The van der Waals surface area contributed by atoms with E-state index >= 15 is 0 Å². The SMILES string of the molecule is Cc1cccc(N2C(=O)C(C)NC(=O)C2C(C)C)c1Br. The van der Waals surface area contributed by atoms with Crippen LogP contribution in [-0.4, -0.2) is 23.9 Å². The van der Waals surface area contributed by atoms with Gasteiger partial charge in [-0.25, -0.2) is 0 Å². The van der Waals surface area contributed by atoms with Gasteiger partial charge < -0.3 is 5.32 Å². The van der Waals surface area contributed by atoms with Crippen LogP contribution < -0.4 is 10.2 Å². The third-order valence-corrected chi connectivity index (χ3v) is 4.61. The summed E-state index contributed by atoms with van der Waals surface area (Å²) in [5, 5.41) is 2.75. The summed E-state index contributed by atoms with van der Waals surface area (Å²) in [6.45, 7) is 7.58. The lowest BCUT2D eigenvalue weighted by Crippen LogP contribution is -2.64. The predicted molar refractivity (Wildman–Crippen MR) is 82.6 cm³/mol. The van der Waals surface area contributed by atoms with Crippen LogP contribution in [-0.2, 0) is 9.59 Å². The normalized spacial score (nSPS) is 23.2. The second-order valence-corrected chi connectivity index (χ2v) is 6.33. The zero-order chi connectivity index (χ0) is 15.0. The number of aryl methyl sites for hydroxylation is 1. The number of carbonyl (C=O) groups excluding carboxylic acids is 2. The molecular formula is C15H19BrN2O2. The molecule has 5 heteroatoms. The molecule has 1 fully saturated rings. The van der Waals surface area contributed by atoms with Crippen molar-refractivity contribution in [1.82, 2.24) is 5.32 Å². The molecule has 1 aliphatic rings. The Bertz CT molecular complexity index is 557. The van der Waals surface area contributed by atoms with Crippen LogP contribution in [0.1, 0.15) is 26.3 Å². The van der Waals surface area contributed by atoms with Gasteiger partial charge in [-0.2, -0.15) is 0 Å². The van der Waals surface area contributed by atoms with E-state index in [1.807, 2.05) is 39.0 Å². The Labute approximate surface area is 127 Å². The molecule has 0 spiro atoms. The number of benzene rings is 1. The third-order valence-electron chi connectivity index (χ3n) is 3.58. The summed E-state index contributed by atoms with van der Waals surface area (Å²) in [6.07, 6.45) is 0. The Morgan fingerprint density at radius 2 is 1.95 bits per heavy atom. The first-order valence-electron chi connectivity index (χ1n) is 6.73. The molecule has 2 amide bonds. The van der Waals surface area contributed by atoms with Crippen LogP contribution in [0.15, 0.2) is 22.7 Å². The lowest BCUT2D eigenvalue weighted by atomic mass is 9.96. The Hall–Kier alpha value is -1.36. The molecule has 0 saturated carbocycles. The molecular weight excluding hydrogens is 320 g/mol. The Kier molecular flexibility index (Phi) is 4.18. The van der Waals surface area contributed by atoms with Crippen LogP contribution in [0.2, 0.25) is 0 Å². The van der Waals surface area contributed by atoms with Crippen molar-refractivity contribution in [1.29, 1.82) is 0 Å². The summed E-state index contributed by atoms with van der Waals surface area (Å²) in [6, 6.07) is 4.77. The quantitative estimate of drug-likeness (QED) is 0.901. The smallest absolute Gasteiger partial charge is 0.250 e. The summed E-state index contributed by atoms with van der Waals surface area (Å²) in [7, 11) is 0. The summed E-state index contributed by atoms with van der Waals surface area (Å²) in [5.74, 6) is -0.131. The number of hydrogen-bond acceptors (Lipinski definition) is 2. The van der Waals surface area contributed by atoms with Crippen molar-refractivity contribution >= 4 is 33.4 Å². The average molecular weight is 339 g/mol. The first kappa shape index (κ1) is 15.0.